The van der Waals surface area contributed by atoms with Gasteiger partial charge in [0.25, 0.3) is 5.95 Å². The molecular weight excluding hydrogens is 459 g/mol. The number of nitrogens with one attached hydrogen (secondary N) is 1. The molecule has 1 aromatic carbocycles. The summed E-state index contributed by atoms with van der Waals surface area (Å²) < 4.78 is 14.3. The number of para-hydroxylation sites is 1. The molecule has 178 valence electrons. The second-order valence-electron chi connectivity index (χ2n) is 7.89. The Bertz CT molecular complexity index is 1130. The van der Waals surface area contributed by atoms with Crippen LogP contribution in [0.25, 0.3) is 0 Å². The Labute approximate surface area is 202 Å². The molecule has 0 unspecified atom stereocenters. The lowest BCUT2D eigenvalue weighted by atomic mass is 10.2. The number of pyridine rings is 1. The molecule has 11 heteroatoms. The van der Waals surface area contributed by atoms with Gasteiger partial charge in [0, 0.05) is 44.6 Å². The monoisotopic (exact) mass is 484 g/mol. The molecule has 0 bridgehead atoms. The van der Waals surface area contributed by atoms with E-state index in [2.05, 4.69) is 35.4 Å². The number of hydrogen-bond donors (Lipinski definition) is 2. The molecule has 1 fully saturated rings. The maximum atomic E-state index is 14.3. The highest BCUT2D eigenvalue weighted by atomic mass is 35.5. The van der Waals surface area contributed by atoms with Crippen molar-refractivity contribution in [1.29, 1.82) is 0 Å². The number of aliphatic hydroxyl groups is 1. The summed E-state index contributed by atoms with van der Waals surface area (Å²) in [6.07, 6.45) is 2.80. The van der Waals surface area contributed by atoms with Gasteiger partial charge in [-0.1, -0.05) is 23.7 Å². The fourth-order valence-corrected chi connectivity index (χ4v) is 3.96. The summed E-state index contributed by atoms with van der Waals surface area (Å²) in [4.78, 5) is 16.5. The Morgan fingerprint density at radius 2 is 2.00 bits per heavy atom. The summed E-state index contributed by atoms with van der Waals surface area (Å²) in [5.74, 6) is -0.188. The third-order valence-corrected chi connectivity index (χ3v) is 5.82. The highest BCUT2D eigenvalue weighted by molar-refractivity contribution is 6.33. The van der Waals surface area contributed by atoms with Crippen LogP contribution in [0.5, 0.6) is 0 Å². The molecule has 0 atom stereocenters. The second kappa shape index (κ2) is 11.3. The number of piperazine rings is 1. The smallest absolute Gasteiger partial charge is 0.270 e. The number of halogens is 2. The van der Waals surface area contributed by atoms with Gasteiger partial charge in [0.15, 0.2) is 11.6 Å². The van der Waals surface area contributed by atoms with Crippen LogP contribution in [-0.2, 0) is 6.54 Å². The van der Waals surface area contributed by atoms with Crippen molar-refractivity contribution in [3.63, 3.8) is 0 Å². The van der Waals surface area contributed by atoms with Crippen molar-refractivity contribution in [2.24, 2.45) is 10.2 Å². The molecule has 1 aliphatic heterocycles. The molecule has 0 radical (unpaired) electrons. The zero-order chi connectivity index (χ0) is 23.9. The number of aryl methyl sites for hydroxylation is 1. The number of rotatable bonds is 8. The van der Waals surface area contributed by atoms with E-state index in [0.29, 0.717) is 30.4 Å². The van der Waals surface area contributed by atoms with E-state index in [9.17, 15) is 4.39 Å². The normalized spacial score (nSPS) is 14.6. The molecule has 0 aliphatic carbocycles. The van der Waals surface area contributed by atoms with Crippen LogP contribution in [0.1, 0.15) is 11.3 Å². The van der Waals surface area contributed by atoms with Crippen molar-refractivity contribution in [2.75, 3.05) is 49.5 Å². The van der Waals surface area contributed by atoms with Crippen LogP contribution >= 0.6 is 11.6 Å². The quantitative estimate of drug-likeness (QED) is 0.464. The van der Waals surface area contributed by atoms with Gasteiger partial charge in [-0.05, 0) is 30.7 Å². The molecule has 1 aliphatic rings. The fraction of sp³-hybridized carbons (Fsp3) is 0.348. The molecule has 9 nitrogen and oxygen atoms in total. The number of azo groups is 1. The van der Waals surface area contributed by atoms with Crippen LogP contribution in [0, 0.1) is 12.7 Å². The van der Waals surface area contributed by atoms with Crippen LogP contribution in [0.3, 0.4) is 0 Å². The zero-order valence-corrected chi connectivity index (χ0v) is 19.6. The van der Waals surface area contributed by atoms with Crippen LogP contribution in [0.15, 0.2) is 53.0 Å². The van der Waals surface area contributed by atoms with Crippen molar-refractivity contribution < 1.29 is 9.50 Å². The van der Waals surface area contributed by atoms with E-state index in [1.807, 2.05) is 42.2 Å². The Kier molecular flexibility index (Phi) is 7.94. The van der Waals surface area contributed by atoms with Gasteiger partial charge in [0.05, 0.1) is 29.2 Å². The third-order valence-electron chi connectivity index (χ3n) is 5.50. The lowest BCUT2D eigenvalue weighted by molar-refractivity contribution is 0.188. The van der Waals surface area contributed by atoms with Crippen LogP contribution in [-0.4, -0.2) is 64.3 Å². The summed E-state index contributed by atoms with van der Waals surface area (Å²) in [7, 11) is 0. The average Bonchev–Trinajstić information content (AvgIpc) is 2.84. The van der Waals surface area contributed by atoms with E-state index >= 15 is 0 Å². The molecule has 34 heavy (non-hydrogen) atoms. The van der Waals surface area contributed by atoms with Gasteiger partial charge < -0.3 is 15.3 Å². The molecule has 1 saturated heterocycles. The van der Waals surface area contributed by atoms with Gasteiger partial charge in [-0.25, -0.2) is 9.37 Å². The molecule has 0 spiro atoms. The van der Waals surface area contributed by atoms with Crippen molar-refractivity contribution in [3.8, 4) is 0 Å². The SMILES string of the molecule is Cc1cccc(Cl)c1Nc1ccnc(CN=Nc2ncc(F)c(N3CCN(CCO)CC3)n2)c1. The predicted molar refractivity (Wildman–Crippen MR) is 130 cm³/mol. The molecule has 2 N–H and O–H groups in total. The van der Waals surface area contributed by atoms with E-state index in [-0.39, 0.29) is 24.9 Å². The molecule has 3 heterocycles. The summed E-state index contributed by atoms with van der Waals surface area (Å²) in [5.41, 5.74) is 3.40. The largest absolute Gasteiger partial charge is 0.395 e. The van der Waals surface area contributed by atoms with Gasteiger partial charge in [-0.2, -0.15) is 10.1 Å². The minimum Gasteiger partial charge on any atom is -0.395 e. The van der Waals surface area contributed by atoms with Crippen LogP contribution in [0.4, 0.5) is 27.5 Å². The lowest BCUT2D eigenvalue weighted by Crippen LogP contribution is -2.47. The Morgan fingerprint density at radius 1 is 1.18 bits per heavy atom. The van der Waals surface area contributed by atoms with E-state index in [1.54, 1.807) is 6.20 Å². The number of hydrogen-bond acceptors (Lipinski definition) is 9. The van der Waals surface area contributed by atoms with Gasteiger partial charge in [-0.3, -0.25) is 9.88 Å². The minimum absolute atomic E-state index is 0.0927. The predicted octanol–water partition coefficient (Wildman–Crippen LogP) is 4.11. The molecule has 0 amide bonds. The Morgan fingerprint density at radius 3 is 2.76 bits per heavy atom. The highest BCUT2D eigenvalue weighted by Gasteiger charge is 2.21. The number of nitrogens with zero attached hydrogens (tertiary/aromatic N) is 7. The van der Waals surface area contributed by atoms with E-state index < -0.39 is 5.82 Å². The zero-order valence-electron chi connectivity index (χ0n) is 18.8. The molecule has 2 aromatic heterocycles. The standard InChI is InChI=1S/C23H26ClFN8O/c1-16-3-2-4-19(24)21(16)29-17-5-6-26-18(13-17)14-28-31-23-27-15-20(25)22(30-23)33-9-7-32(8-10-33)11-12-34/h2-6,13,15,34H,7-12,14H2,1H3,(H,26,29). The van der Waals surface area contributed by atoms with Crippen molar-refractivity contribution >= 4 is 34.7 Å². The maximum Gasteiger partial charge on any atom is 0.270 e. The Balaban J connectivity index is 1.40. The van der Waals surface area contributed by atoms with Gasteiger partial charge in [0.1, 0.15) is 6.54 Å². The molecule has 3 aromatic rings. The average molecular weight is 485 g/mol. The topological polar surface area (TPSA) is 102 Å². The lowest BCUT2D eigenvalue weighted by Gasteiger charge is -2.35. The van der Waals surface area contributed by atoms with Crippen LogP contribution < -0.4 is 10.2 Å². The first-order valence-electron chi connectivity index (χ1n) is 11.0. The fourth-order valence-electron chi connectivity index (χ4n) is 3.69. The summed E-state index contributed by atoms with van der Waals surface area (Å²) in [6.45, 7) is 5.60. The number of β-amino-alcohol motifs (C(OH)–C–C–N with tert-alkyl or cyclic N) is 1. The van der Waals surface area contributed by atoms with Crippen molar-refractivity contribution in [3.05, 3.63) is 64.8 Å². The Hall–Kier alpha value is -3.21. The van der Waals surface area contributed by atoms with Gasteiger partial charge in [-0.15, -0.1) is 5.11 Å². The number of benzene rings is 1. The second-order valence-corrected chi connectivity index (χ2v) is 8.29. The third kappa shape index (κ3) is 6.02. The van der Waals surface area contributed by atoms with E-state index in [0.717, 1.165) is 36.2 Å². The van der Waals surface area contributed by atoms with Gasteiger partial charge in [0.2, 0.25) is 0 Å². The molecule has 4 rings (SSSR count). The summed E-state index contributed by atoms with van der Waals surface area (Å²) in [5, 5.41) is 21.3. The minimum atomic E-state index is -0.495. The summed E-state index contributed by atoms with van der Waals surface area (Å²) >= 11 is 6.30. The van der Waals surface area contributed by atoms with E-state index in [4.69, 9.17) is 16.7 Å². The first-order valence-corrected chi connectivity index (χ1v) is 11.4. The first kappa shape index (κ1) is 23.9. The number of anilines is 3. The molecular formula is C23H26ClFN8O. The first-order chi connectivity index (χ1) is 16.5. The van der Waals surface area contributed by atoms with Crippen LogP contribution in [0.2, 0.25) is 5.02 Å². The number of aromatic nitrogens is 3. The van der Waals surface area contributed by atoms with Gasteiger partial charge >= 0.3 is 0 Å². The highest BCUT2D eigenvalue weighted by Crippen LogP contribution is 2.29. The maximum absolute atomic E-state index is 14.3. The van der Waals surface area contributed by atoms with E-state index in [1.165, 1.54) is 0 Å². The summed E-state index contributed by atoms with van der Waals surface area (Å²) in [6, 6.07) is 9.43. The van der Waals surface area contributed by atoms with Crippen molar-refractivity contribution in [1.82, 2.24) is 19.9 Å². The number of aliphatic hydroxyl groups excluding tert-OH is 1. The molecule has 0 saturated carbocycles. The van der Waals surface area contributed by atoms with Crippen molar-refractivity contribution in [2.45, 2.75) is 13.5 Å².